The molecule has 0 bridgehead atoms. The Labute approximate surface area is 561 Å². The molecule has 0 heterocycles. The molecule has 3 N–H and O–H groups in total. The zero-order chi connectivity index (χ0) is 67.7. The summed E-state index contributed by atoms with van der Waals surface area (Å²) in [6, 6.07) is 0. The van der Waals surface area contributed by atoms with Gasteiger partial charge in [-0.15, -0.1) is 0 Å². The van der Waals surface area contributed by atoms with Crippen LogP contribution in [0, 0.1) is 5.92 Å². The van der Waals surface area contributed by atoms with Crippen LogP contribution < -0.4 is 0 Å². The molecule has 542 valence electrons. The number of esters is 4. The first-order valence-electron chi connectivity index (χ1n) is 37.5. The summed E-state index contributed by atoms with van der Waals surface area (Å²) in [6.07, 6.45) is 56.2. The second-order valence-electron chi connectivity index (χ2n) is 26.1. The molecule has 0 aromatic rings. The summed E-state index contributed by atoms with van der Waals surface area (Å²) in [5.74, 6) is -1.41. The largest absolute Gasteiger partial charge is 0.472 e. The minimum Gasteiger partial charge on any atom is -0.462 e. The number of hydrogen-bond acceptors (Lipinski definition) is 15. The first-order valence-corrected chi connectivity index (χ1v) is 40.4. The molecule has 0 aromatic heterocycles. The third-order valence-electron chi connectivity index (χ3n) is 16.4. The van der Waals surface area contributed by atoms with Crippen molar-refractivity contribution in [1.82, 2.24) is 0 Å². The maximum atomic E-state index is 13.0. The fourth-order valence-electron chi connectivity index (χ4n) is 10.6. The summed E-state index contributed by atoms with van der Waals surface area (Å²) in [6.45, 7) is 7.17. The molecule has 0 fully saturated rings. The highest BCUT2D eigenvalue weighted by Crippen LogP contribution is 2.45. The Balaban J connectivity index is 5.28. The average molecular weight is 1350 g/mol. The van der Waals surface area contributed by atoms with Gasteiger partial charge in [0.15, 0.2) is 12.2 Å². The van der Waals surface area contributed by atoms with Gasteiger partial charge in [-0.2, -0.15) is 0 Å². The summed E-state index contributed by atoms with van der Waals surface area (Å²) >= 11 is 0. The highest BCUT2D eigenvalue weighted by molar-refractivity contribution is 7.47. The van der Waals surface area contributed by atoms with Crippen molar-refractivity contribution in [3.8, 4) is 0 Å². The molecular weight excluding hydrogens is 1210 g/mol. The minimum absolute atomic E-state index is 0.0856. The molecule has 2 unspecified atom stereocenters. The van der Waals surface area contributed by atoms with Crippen molar-refractivity contribution in [2.24, 2.45) is 5.92 Å². The van der Waals surface area contributed by atoms with Crippen LogP contribution in [0.15, 0.2) is 24.3 Å². The van der Waals surface area contributed by atoms with Crippen LogP contribution in [0.1, 0.15) is 356 Å². The van der Waals surface area contributed by atoms with Gasteiger partial charge in [0.25, 0.3) is 0 Å². The number of rotatable bonds is 71. The van der Waals surface area contributed by atoms with E-state index in [1.54, 1.807) is 0 Å². The van der Waals surface area contributed by atoms with E-state index in [2.05, 4.69) is 58.9 Å². The number of carbonyl (C=O) groups excluding carboxylic acids is 4. The lowest BCUT2D eigenvalue weighted by Crippen LogP contribution is -2.30. The van der Waals surface area contributed by atoms with Crippen LogP contribution in [-0.2, 0) is 65.4 Å². The molecule has 0 amide bonds. The summed E-state index contributed by atoms with van der Waals surface area (Å²) in [5, 5.41) is 10.6. The van der Waals surface area contributed by atoms with E-state index in [1.165, 1.54) is 167 Å². The third-order valence-corrected chi connectivity index (χ3v) is 18.3. The van der Waals surface area contributed by atoms with Gasteiger partial charge in [-0.3, -0.25) is 37.3 Å². The summed E-state index contributed by atoms with van der Waals surface area (Å²) < 4.78 is 68.3. The summed E-state index contributed by atoms with van der Waals surface area (Å²) in [5.41, 5.74) is 0. The Bertz CT molecular complexity index is 1860. The Morgan fingerprint density at radius 2 is 0.587 bits per heavy atom. The zero-order valence-corrected chi connectivity index (χ0v) is 61.0. The zero-order valence-electron chi connectivity index (χ0n) is 59.2. The maximum absolute atomic E-state index is 13.0. The number of unbranched alkanes of at least 4 members (excludes halogenated alkanes) is 40. The number of allylic oxidation sites excluding steroid dienone is 4. The summed E-state index contributed by atoms with van der Waals surface area (Å²) in [4.78, 5) is 72.6. The van der Waals surface area contributed by atoms with E-state index in [0.717, 1.165) is 109 Å². The van der Waals surface area contributed by atoms with Crippen LogP contribution in [0.3, 0.4) is 0 Å². The second kappa shape index (κ2) is 65.8. The molecule has 92 heavy (non-hydrogen) atoms. The molecule has 0 aromatic carbocycles. The van der Waals surface area contributed by atoms with Gasteiger partial charge in [0.2, 0.25) is 0 Å². The number of hydrogen-bond donors (Lipinski definition) is 3. The minimum atomic E-state index is -4.96. The first kappa shape index (κ1) is 89.5. The molecule has 0 saturated heterocycles. The van der Waals surface area contributed by atoms with Gasteiger partial charge in [-0.05, 0) is 57.3 Å². The molecule has 5 atom stereocenters. The normalized spacial score (nSPS) is 14.2. The molecule has 0 spiro atoms. The van der Waals surface area contributed by atoms with Gasteiger partial charge in [-0.25, -0.2) is 9.13 Å². The Kier molecular flexibility index (Phi) is 64.0. The van der Waals surface area contributed by atoms with Crippen molar-refractivity contribution in [2.45, 2.75) is 374 Å². The van der Waals surface area contributed by atoms with Crippen molar-refractivity contribution in [2.75, 3.05) is 39.6 Å². The van der Waals surface area contributed by atoms with Crippen LogP contribution in [0.4, 0.5) is 0 Å². The Morgan fingerprint density at radius 3 is 0.891 bits per heavy atom. The SMILES string of the molecule is CCCCCC/C=C\C=C/CCCCCCCC(=O)O[C@H](COC(=O)CCCCCCCCCCCCCCCCC)COP(=O)(O)OC[C@@H](O)COP(=O)(O)OC[C@@H](COC(=O)CCCCCCCCCCCC)OC(=O)CCCCCCCCCCCC(C)C. The smallest absolute Gasteiger partial charge is 0.462 e. The Hall–Kier alpha value is -2.46. The van der Waals surface area contributed by atoms with Crippen molar-refractivity contribution in [1.29, 1.82) is 0 Å². The van der Waals surface area contributed by atoms with E-state index in [4.69, 9.17) is 37.0 Å². The van der Waals surface area contributed by atoms with E-state index in [-0.39, 0.29) is 25.7 Å². The number of phosphoric acid groups is 2. The standard InChI is InChI=1S/C73H138O17P2/c1-6-9-12-15-18-21-24-26-28-30-32-37-42-47-52-57-71(76)84-63-68(89-72(77)58-53-48-43-38-33-31-29-27-25-22-19-16-13-10-7-2)64-87-91(79,80)85-60-67(74)61-86-92(81,82)88-65-69(62-83-70(75)56-51-46-41-36-23-20-17-14-11-8-3)90-73(78)59-54-49-44-39-34-35-40-45-50-55-66(4)5/h22,25,27,29,66-69,74H,6-21,23-24,26,28,30-65H2,1-5H3,(H,79,80)(H,81,82)/b25-22-,29-27-/t67-,68-,69-/m1/s1. The molecule has 0 aliphatic carbocycles. The summed E-state index contributed by atoms with van der Waals surface area (Å²) in [7, 11) is -9.92. The van der Waals surface area contributed by atoms with Gasteiger partial charge < -0.3 is 33.8 Å². The highest BCUT2D eigenvalue weighted by Gasteiger charge is 2.30. The molecule has 19 heteroatoms. The third kappa shape index (κ3) is 66.2. The van der Waals surface area contributed by atoms with E-state index in [1.807, 2.05) is 0 Å². The molecule has 0 rings (SSSR count). The molecule has 0 aliphatic rings. The lowest BCUT2D eigenvalue weighted by Gasteiger charge is -2.21. The fourth-order valence-corrected chi connectivity index (χ4v) is 12.2. The van der Waals surface area contributed by atoms with Crippen LogP contribution in [0.25, 0.3) is 0 Å². The molecule has 0 aliphatic heterocycles. The number of carbonyl (C=O) groups is 4. The van der Waals surface area contributed by atoms with Crippen LogP contribution in [0.5, 0.6) is 0 Å². The maximum Gasteiger partial charge on any atom is 0.472 e. The second-order valence-corrected chi connectivity index (χ2v) is 29.0. The lowest BCUT2D eigenvalue weighted by atomic mass is 10.0. The van der Waals surface area contributed by atoms with E-state index < -0.39 is 97.5 Å². The number of aliphatic hydroxyl groups excluding tert-OH is 1. The lowest BCUT2D eigenvalue weighted by molar-refractivity contribution is -0.161. The van der Waals surface area contributed by atoms with Crippen LogP contribution in [0.2, 0.25) is 0 Å². The van der Waals surface area contributed by atoms with E-state index >= 15 is 0 Å². The highest BCUT2D eigenvalue weighted by atomic mass is 31.2. The number of aliphatic hydroxyl groups is 1. The molecular formula is C73H138O17P2. The van der Waals surface area contributed by atoms with Crippen LogP contribution >= 0.6 is 15.6 Å². The topological polar surface area (TPSA) is 237 Å². The molecule has 17 nitrogen and oxygen atoms in total. The van der Waals surface area contributed by atoms with Gasteiger partial charge >= 0.3 is 39.5 Å². The first-order chi connectivity index (χ1) is 44.5. The fraction of sp³-hybridized carbons (Fsp3) is 0.890. The number of phosphoric ester groups is 2. The van der Waals surface area contributed by atoms with Crippen LogP contribution in [-0.4, -0.2) is 96.7 Å². The molecule has 0 saturated carbocycles. The van der Waals surface area contributed by atoms with Crippen molar-refractivity contribution in [3.63, 3.8) is 0 Å². The van der Waals surface area contributed by atoms with Crippen molar-refractivity contribution in [3.05, 3.63) is 24.3 Å². The van der Waals surface area contributed by atoms with Gasteiger partial charge in [0.1, 0.15) is 19.3 Å². The van der Waals surface area contributed by atoms with E-state index in [0.29, 0.717) is 25.7 Å². The predicted octanol–water partition coefficient (Wildman–Crippen LogP) is 20.9. The molecule has 0 radical (unpaired) electrons. The van der Waals surface area contributed by atoms with Gasteiger partial charge in [-0.1, -0.05) is 303 Å². The average Bonchev–Trinajstić information content (AvgIpc) is 1.79. The monoisotopic (exact) mass is 1350 g/mol. The van der Waals surface area contributed by atoms with Gasteiger partial charge in [0.05, 0.1) is 26.4 Å². The van der Waals surface area contributed by atoms with Crippen molar-refractivity contribution < 1.29 is 80.2 Å². The Morgan fingerprint density at radius 1 is 0.337 bits per heavy atom. The van der Waals surface area contributed by atoms with E-state index in [9.17, 15) is 43.2 Å². The predicted molar refractivity (Wildman–Crippen MR) is 372 cm³/mol. The van der Waals surface area contributed by atoms with Crippen molar-refractivity contribution >= 4 is 39.5 Å². The quantitative estimate of drug-likeness (QED) is 0.0169. The van der Waals surface area contributed by atoms with Gasteiger partial charge in [0, 0.05) is 25.7 Å². The number of ether oxygens (including phenoxy) is 4.